The van der Waals surface area contributed by atoms with Gasteiger partial charge in [0.25, 0.3) is 17.5 Å². The van der Waals surface area contributed by atoms with Crippen LogP contribution in [0, 0.1) is 13.8 Å². The highest BCUT2D eigenvalue weighted by atomic mass is 16.5. The molecule has 1 aromatic carbocycles. The molecule has 2 aromatic heterocycles. The summed E-state index contributed by atoms with van der Waals surface area (Å²) in [5, 5.41) is 6.70. The maximum absolute atomic E-state index is 12.0. The van der Waals surface area contributed by atoms with Crippen LogP contribution in [0.25, 0.3) is 5.78 Å². The van der Waals surface area contributed by atoms with E-state index in [1.165, 1.54) is 4.52 Å². The molecule has 1 amide bonds. The smallest absolute Gasteiger partial charge is 0.378 e. The molecule has 0 aliphatic carbocycles. The molecular formula is C16H15N5O3. The number of nitrogens with one attached hydrogen (secondary N) is 1. The molecule has 1 N–H and O–H groups in total. The SMILES string of the molecule is Cc1ccccc1NC(=O)COC(=O)c1nc2nccc(C)n2n1. The molecule has 0 spiro atoms. The Kier molecular flexibility index (Phi) is 4.19. The van der Waals surface area contributed by atoms with Gasteiger partial charge in [-0.1, -0.05) is 18.2 Å². The van der Waals surface area contributed by atoms with Crippen LogP contribution in [-0.4, -0.2) is 38.1 Å². The Labute approximate surface area is 137 Å². The number of carbonyl (C=O) groups excluding carboxylic acids is 2. The Morgan fingerprint density at radius 2 is 2.00 bits per heavy atom. The second-order valence-electron chi connectivity index (χ2n) is 5.17. The summed E-state index contributed by atoms with van der Waals surface area (Å²) >= 11 is 0. The average molecular weight is 325 g/mol. The number of amides is 1. The van der Waals surface area contributed by atoms with Crippen molar-refractivity contribution >= 4 is 23.3 Å². The first-order chi connectivity index (χ1) is 11.5. The van der Waals surface area contributed by atoms with Gasteiger partial charge in [0, 0.05) is 17.6 Å². The van der Waals surface area contributed by atoms with Crippen LogP contribution in [0.4, 0.5) is 5.69 Å². The predicted octanol–water partition coefficient (Wildman–Crippen LogP) is 1.54. The van der Waals surface area contributed by atoms with Crippen LogP contribution in [0.15, 0.2) is 36.5 Å². The van der Waals surface area contributed by atoms with E-state index in [1.54, 1.807) is 18.3 Å². The molecular weight excluding hydrogens is 310 g/mol. The normalized spacial score (nSPS) is 10.6. The van der Waals surface area contributed by atoms with Crippen LogP contribution in [0.2, 0.25) is 0 Å². The van der Waals surface area contributed by atoms with Crippen molar-refractivity contribution in [1.82, 2.24) is 19.6 Å². The molecule has 0 aliphatic heterocycles. The number of anilines is 1. The second kappa shape index (κ2) is 6.45. The Bertz CT molecular complexity index is 919. The largest absolute Gasteiger partial charge is 0.450 e. The van der Waals surface area contributed by atoms with E-state index in [9.17, 15) is 9.59 Å². The van der Waals surface area contributed by atoms with Crippen molar-refractivity contribution in [2.75, 3.05) is 11.9 Å². The molecule has 0 unspecified atom stereocenters. The van der Waals surface area contributed by atoms with Crippen LogP contribution in [0.1, 0.15) is 21.9 Å². The van der Waals surface area contributed by atoms with E-state index in [1.807, 2.05) is 32.0 Å². The first kappa shape index (κ1) is 15.6. The van der Waals surface area contributed by atoms with Crippen molar-refractivity contribution in [2.45, 2.75) is 13.8 Å². The monoisotopic (exact) mass is 325 g/mol. The number of hydrogen-bond donors (Lipinski definition) is 1. The number of ether oxygens (including phenoxy) is 1. The zero-order valence-corrected chi connectivity index (χ0v) is 13.2. The molecule has 3 rings (SSSR count). The summed E-state index contributed by atoms with van der Waals surface area (Å²) in [6, 6.07) is 9.07. The fourth-order valence-corrected chi connectivity index (χ4v) is 2.09. The molecule has 0 aliphatic rings. The van der Waals surface area contributed by atoms with Gasteiger partial charge in [0.2, 0.25) is 0 Å². The number of benzene rings is 1. The zero-order valence-electron chi connectivity index (χ0n) is 13.2. The molecule has 0 atom stereocenters. The average Bonchev–Trinajstić information content (AvgIpc) is 3.00. The Morgan fingerprint density at radius 1 is 1.21 bits per heavy atom. The highest BCUT2D eigenvalue weighted by molar-refractivity contribution is 5.94. The van der Waals surface area contributed by atoms with Gasteiger partial charge in [0.1, 0.15) is 0 Å². The van der Waals surface area contributed by atoms with Gasteiger partial charge in [0.15, 0.2) is 6.61 Å². The highest BCUT2D eigenvalue weighted by Gasteiger charge is 2.17. The molecule has 2 heterocycles. The van der Waals surface area contributed by atoms with E-state index in [-0.39, 0.29) is 5.82 Å². The van der Waals surface area contributed by atoms with Crippen molar-refractivity contribution in [3.05, 3.63) is 53.6 Å². The minimum atomic E-state index is -0.778. The highest BCUT2D eigenvalue weighted by Crippen LogP contribution is 2.12. The van der Waals surface area contributed by atoms with E-state index in [0.717, 1.165) is 11.3 Å². The molecule has 0 saturated heterocycles. The van der Waals surface area contributed by atoms with Crippen molar-refractivity contribution in [1.29, 1.82) is 0 Å². The molecule has 0 bridgehead atoms. The molecule has 0 saturated carbocycles. The third-order valence-electron chi connectivity index (χ3n) is 3.37. The van der Waals surface area contributed by atoms with Crippen molar-refractivity contribution in [2.24, 2.45) is 0 Å². The van der Waals surface area contributed by atoms with Gasteiger partial charge in [-0.15, -0.1) is 5.10 Å². The lowest BCUT2D eigenvalue weighted by molar-refractivity contribution is -0.119. The van der Waals surface area contributed by atoms with Gasteiger partial charge in [-0.25, -0.2) is 14.3 Å². The van der Waals surface area contributed by atoms with Gasteiger partial charge in [-0.2, -0.15) is 4.98 Å². The quantitative estimate of drug-likeness (QED) is 0.731. The van der Waals surface area contributed by atoms with Gasteiger partial charge in [0.05, 0.1) is 0 Å². The Morgan fingerprint density at radius 3 is 2.75 bits per heavy atom. The Balaban J connectivity index is 1.63. The molecule has 0 fully saturated rings. The van der Waals surface area contributed by atoms with Crippen molar-refractivity contribution in [3.63, 3.8) is 0 Å². The fourth-order valence-electron chi connectivity index (χ4n) is 2.09. The van der Waals surface area contributed by atoms with Gasteiger partial charge in [-0.05, 0) is 31.5 Å². The zero-order chi connectivity index (χ0) is 17.1. The number of carbonyl (C=O) groups is 2. The van der Waals surface area contributed by atoms with Gasteiger partial charge in [-0.3, -0.25) is 4.79 Å². The number of hydrogen-bond acceptors (Lipinski definition) is 6. The fraction of sp³-hybridized carbons (Fsp3) is 0.188. The van der Waals surface area contributed by atoms with E-state index in [2.05, 4.69) is 20.4 Å². The lowest BCUT2D eigenvalue weighted by Crippen LogP contribution is -2.21. The number of rotatable bonds is 4. The first-order valence-corrected chi connectivity index (χ1v) is 7.25. The Hall–Kier alpha value is -3.29. The molecule has 122 valence electrons. The second-order valence-corrected chi connectivity index (χ2v) is 5.17. The summed E-state index contributed by atoms with van der Waals surface area (Å²) in [6.45, 7) is 3.26. The minimum Gasteiger partial charge on any atom is -0.450 e. The standard InChI is InChI=1S/C16H15N5O3/c1-10-5-3-4-6-12(10)18-13(22)9-24-15(23)14-19-16-17-8-7-11(2)21(16)20-14/h3-8H,9H2,1-2H3,(H,18,22). The number of esters is 1. The summed E-state index contributed by atoms with van der Waals surface area (Å²) in [5.41, 5.74) is 2.37. The number of nitrogens with zero attached hydrogens (tertiary/aromatic N) is 4. The number of aryl methyl sites for hydroxylation is 2. The molecule has 8 nitrogen and oxygen atoms in total. The maximum atomic E-state index is 12.0. The molecule has 3 aromatic rings. The summed E-state index contributed by atoms with van der Waals surface area (Å²) < 4.78 is 6.39. The van der Waals surface area contributed by atoms with Gasteiger partial charge < -0.3 is 10.1 Å². The van der Waals surface area contributed by atoms with Crippen LogP contribution in [-0.2, 0) is 9.53 Å². The van der Waals surface area contributed by atoms with Crippen LogP contribution < -0.4 is 5.32 Å². The summed E-state index contributed by atoms with van der Waals surface area (Å²) in [4.78, 5) is 31.9. The predicted molar refractivity (Wildman–Crippen MR) is 85.6 cm³/mol. The molecule has 24 heavy (non-hydrogen) atoms. The summed E-state index contributed by atoms with van der Waals surface area (Å²) in [6.07, 6.45) is 1.57. The van der Waals surface area contributed by atoms with Crippen LogP contribution >= 0.6 is 0 Å². The maximum Gasteiger partial charge on any atom is 0.378 e. The van der Waals surface area contributed by atoms with E-state index in [0.29, 0.717) is 11.5 Å². The number of fused-ring (bicyclic) bond motifs is 1. The van der Waals surface area contributed by atoms with Crippen molar-refractivity contribution in [3.8, 4) is 0 Å². The minimum absolute atomic E-state index is 0.138. The van der Waals surface area contributed by atoms with Crippen molar-refractivity contribution < 1.29 is 14.3 Å². The topological polar surface area (TPSA) is 98.5 Å². The van der Waals surface area contributed by atoms with Crippen LogP contribution in [0.3, 0.4) is 0 Å². The van der Waals surface area contributed by atoms with Crippen LogP contribution in [0.5, 0.6) is 0 Å². The van der Waals surface area contributed by atoms with E-state index >= 15 is 0 Å². The summed E-state index contributed by atoms with van der Waals surface area (Å²) in [7, 11) is 0. The third kappa shape index (κ3) is 3.22. The first-order valence-electron chi connectivity index (χ1n) is 7.25. The molecule has 8 heteroatoms. The lowest BCUT2D eigenvalue weighted by Gasteiger charge is -2.07. The number of aromatic nitrogens is 4. The van der Waals surface area contributed by atoms with E-state index < -0.39 is 18.5 Å². The van der Waals surface area contributed by atoms with Gasteiger partial charge >= 0.3 is 5.97 Å². The summed E-state index contributed by atoms with van der Waals surface area (Å²) in [5.74, 6) is -1.05. The molecule has 0 radical (unpaired) electrons. The third-order valence-corrected chi connectivity index (χ3v) is 3.37. The number of para-hydroxylation sites is 1. The van der Waals surface area contributed by atoms with E-state index in [4.69, 9.17) is 4.74 Å². The lowest BCUT2D eigenvalue weighted by atomic mass is 10.2.